The van der Waals surface area contributed by atoms with E-state index >= 15 is 0 Å². The maximum atomic E-state index is 11.7. The third-order valence-corrected chi connectivity index (χ3v) is 7.67. The molecule has 11 heteroatoms. The van der Waals surface area contributed by atoms with Crippen molar-refractivity contribution in [2.24, 2.45) is 0 Å². The van der Waals surface area contributed by atoms with Crippen molar-refractivity contribution in [3.8, 4) is 17.2 Å². The number of hydrogen-bond acceptors (Lipinski definition) is 7. The van der Waals surface area contributed by atoms with Crippen LogP contribution in [0.2, 0.25) is 5.02 Å². The molecule has 0 aliphatic heterocycles. The van der Waals surface area contributed by atoms with Gasteiger partial charge in [-0.1, -0.05) is 53.2 Å². The van der Waals surface area contributed by atoms with E-state index in [4.69, 9.17) is 21.1 Å². The summed E-state index contributed by atoms with van der Waals surface area (Å²) in [6, 6.07) is 19.0. The number of aromatic nitrogens is 3. The quantitative estimate of drug-likeness (QED) is 0.0984. The number of nitro groups is 1. The van der Waals surface area contributed by atoms with Gasteiger partial charge >= 0.3 is 0 Å². The lowest BCUT2D eigenvalue weighted by Crippen LogP contribution is -2.12. The second kappa shape index (κ2) is 12.6. The second-order valence-corrected chi connectivity index (χ2v) is 11.0. The van der Waals surface area contributed by atoms with Crippen molar-refractivity contribution >= 4 is 39.3 Å². The van der Waals surface area contributed by atoms with Crippen LogP contribution < -0.4 is 9.47 Å². The van der Waals surface area contributed by atoms with Crippen molar-refractivity contribution in [1.82, 2.24) is 14.8 Å². The third-order valence-electron chi connectivity index (χ3n) is 5.65. The Labute approximate surface area is 238 Å². The number of halogens is 2. The Kier molecular flexibility index (Phi) is 9.30. The predicted octanol–water partition coefficient (Wildman–Crippen LogP) is 7.39. The Hall–Kier alpha value is -3.08. The summed E-state index contributed by atoms with van der Waals surface area (Å²) in [7, 11) is 0. The fraction of sp³-hybridized carbons (Fsp3) is 0.259. The normalized spacial score (nSPS) is 11.8. The molecule has 0 aliphatic rings. The molecule has 0 N–H and O–H groups in total. The molecule has 38 heavy (non-hydrogen) atoms. The molecule has 0 saturated heterocycles. The van der Waals surface area contributed by atoms with Gasteiger partial charge < -0.3 is 9.47 Å². The van der Waals surface area contributed by atoms with Crippen LogP contribution in [0.25, 0.3) is 5.69 Å². The molecule has 4 aromatic rings. The van der Waals surface area contributed by atoms with Gasteiger partial charge in [0.05, 0.1) is 11.1 Å². The Balaban J connectivity index is 1.66. The molecule has 1 atom stereocenters. The molecule has 198 valence electrons. The molecule has 8 nitrogen and oxygen atoms in total. The maximum Gasteiger partial charge on any atom is 0.220 e. The Bertz CT molecular complexity index is 1410. The lowest BCUT2D eigenvalue weighted by Gasteiger charge is -2.19. The van der Waals surface area contributed by atoms with Gasteiger partial charge in [0.15, 0.2) is 16.7 Å². The fourth-order valence-corrected chi connectivity index (χ4v) is 5.65. The van der Waals surface area contributed by atoms with Crippen LogP contribution in [0.4, 0.5) is 0 Å². The van der Waals surface area contributed by atoms with Crippen LogP contribution in [0.3, 0.4) is 0 Å². The predicted molar refractivity (Wildman–Crippen MR) is 152 cm³/mol. The molecule has 4 rings (SSSR count). The van der Waals surface area contributed by atoms with Gasteiger partial charge in [0, 0.05) is 15.6 Å². The summed E-state index contributed by atoms with van der Waals surface area (Å²) in [6.45, 7) is 6.15. The molecule has 0 spiro atoms. The molecule has 0 fully saturated rings. The number of rotatable bonds is 11. The first-order chi connectivity index (χ1) is 18.2. The maximum absolute atomic E-state index is 11.7. The third kappa shape index (κ3) is 6.86. The van der Waals surface area contributed by atoms with E-state index in [1.165, 1.54) is 11.8 Å². The van der Waals surface area contributed by atoms with Crippen LogP contribution >= 0.6 is 39.3 Å². The molecule has 0 radical (unpaired) electrons. The Morgan fingerprint density at radius 2 is 1.79 bits per heavy atom. The first-order valence-electron chi connectivity index (χ1n) is 11.9. The van der Waals surface area contributed by atoms with Gasteiger partial charge in [-0.3, -0.25) is 14.7 Å². The Morgan fingerprint density at radius 1 is 1.08 bits per heavy atom. The van der Waals surface area contributed by atoms with Crippen molar-refractivity contribution < 1.29 is 14.4 Å². The molecule has 1 aromatic heterocycles. The van der Waals surface area contributed by atoms with Crippen molar-refractivity contribution in [2.45, 2.75) is 37.8 Å². The second-order valence-electron chi connectivity index (χ2n) is 8.50. The van der Waals surface area contributed by atoms with E-state index in [0.717, 1.165) is 16.8 Å². The van der Waals surface area contributed by atoms with Gasteiger partial charge in [-0.05, 0) is 84.2 Å². The van der Waals surface area contributed by atoms with E-state index in [1.54, 1.807) is 18.2 Å². The summed E-state index contributed by atoms with van der Waals surface area (Å²) in [6.07, 6.45) is 0. The average molecular weight is 618 g/mol. The van der Waals surface area contributed by atoms with E-state index in [-0.39, 0.29) is 11.5 Å². The molecule has 1 heterocycles. The number of hydrogen-bond donors (Lipinski definition) is 0. The van der Waals surface area contributed by atoms with Crippen LogP contribution in [-0.4, -0.2) is 32.8 Å². The van der Waals surface area contributed by atoms with E-state index in [0.29, 0.717) is 50.8 Å². The zero-order valence-electron chi connectivity index (χ0n) is 21.1. The van der Waals surface area contributed by atoms with Crippen LogP contribution in [0.1, 0.15) is 34.7 Å². The summed E-state index contributed by atoms with van der Waals surface area (Å²) in [4.78, 5) is 11.4. The summed E-state index contributed by atoms with van der Waals surface area (Å²) < 4.78 is 14.5. The van der Waals surface area contributed by atoms with Crippen molar-refractivity contribution in [1.29, 1.82) is 0 Å². The fourth-order valence-electron chi connectivity index (χ4n) is 3.80. The van der Waals surface area contributed by atoms with Crippen molar-refractivity contribution in [3.63, 3.8) is 0 Å². The van der Waals surface area contributed by atoms with Gasteiger partial charge in [0.2, 0.25) is 6.54 Å². The molecule has 0 aliphatic carbocycles. The van der Waals surface area contributed by atoms with E-state index in [9.17, 15) is 10.1 Å². The van der Waals surface area contributed by atoms with E-state index in [2.05, 4.69) is 26.1 Å². The first kappa shape index (κ1) is 27.9. The number of benzene rings is 3. The minimum atomic E-state index is -0.557. The molecule has 0 amide bonds. The number of ether oxygens (including phenoxy) is 2. The molecule has 0 saturated carbocycles. The van der Waals surface area contributed by atoms with Gasteiger partial charge in [0.25, 0.3) is 0 Å². The Morgan fingerprint density at radius 3 is 2.45 bits per heavy atom. The van der Waals surface area contributed by atoms with Gasteiger partial charge in [-0.2, -0.15) is 0 Å². The SMILES string of the molecule is CCOc1cc([C@H](C[N+](=O)[O-])Sc2nnc(C)n2-c2ccc(C)cc2)cc(Br)c1OCc1ccc(Cl)cc1. The molecular weight excluding hydrogens is 592 g/mol. The van der Waals surface area contributed by atoms with Crippen LogP contribution in [0.5, 0.6) is 11.5 Å². The standard InChI is InChI=1S/C27H26BrClN4O4S/c1-4-36-24-14-20(13-23(28)26(24)37-16-19-7-9-21(29)10-8-19)25(15-32(34)35)38-27-31-30-18(3)33(27)22-11-5-17(2)6-12-22/h5-14,25H,4,15-16H2,1-3H3/t25-/m0/s1. The lowest BCUT2D eigenvalue weighted by atomic mass is 10.1. The molecule has 0 bridgehead atoms. The highest BCUT2D eigenvalue weighted by molar-refractivity contribution is 9.10. The van der Waals surface area contributed by atoms with E-state index < -0.39 is 5.25 Å². The highest BCUT2D eigenvalue weighted by atomic mass is 79.9. The zero-order chi connectivity index (χ0) is 27.2. The monoisotopic (exact) mass is 616 g/mol. The van der Waals surface area contributed by atoms with Crippen LogP contribution in [-0.2, 0) is 6.61 Å². The van der Waals surface area contributed by atoms with Gasteiger partial charge in [-0.15, -0.1) is 10.2 Å². The summed E-state index contributed by atoms with van der Waals surface area (Å²) in [5.74, 6) is 1.71. The highest BCUT2D eigenvalue weighted by Gasteiger charge is 2.26. The molecular formula is C27H26BrClN4O4S. The van der Waals surface area contributed by atoms with Gasteiger partial charge in [-0.25, -0.2) is 0 Å². The number of thioether (sulfide) groups is 1. The lowest BCUT2D eigenvalue weighted by molar-refractivity contribution is -0.479. The largest absolute Gasteiger partial charge is 0.490 e. The zero-order valence-corrected chi connectivity index (χ0v) is 24.2. The van der Waals surface area contributed by atoms with Crippen LogP contribution in [0.15, 0.2) is 70.3 Å². The molecule has 0 unspecified atom stereocenters. The summed E-state index contributed by atoms with van der Waals surface area (Å²) in [5.41, 5.74) is 3.67. The molecule has 3 aromatic carbocycles. The highest BCUT2D eigenvalue weighted by Crippen LogP contribution is 2.43. The van der Waals surface area contributed by atoms with E-state index in [1.807, 2.05) is 67.8 Å². The van der Waals surface area contributed by atoms with Gasteiger partial charge in [0.1, 0.15) is 17.7 Å². The van der Waals surface area contributed by atoms with Crippen molar-refractivity contribution in [2.75, 3.05) is 13.2 Å². The van der Waals surface area contributed by atoms with Crippen molar-refractivity contribution in [3.05, 3.63) is 103 Å². The first-order valence-corrected chi connectivity index (χ1v) is 13.9. The smallest absolute Gasteiger partial charge is 0.220 e. The summed E-state index contributed by atoms with van der Waals surface area (Å²) in [5, 5.41) is 20.9. The minimum Gasteiger partial charge on any atom is -0.490 e. The summed E-state index contributed by atoms with van der Waals surface area (Å²) >= 11 is 10.9. The topological polar surface area (TPSA) is 92.3 Å². The number of nitrogens with zero attached hydrogens (tertiary/aromatic N) is 4. The average Bonchev–Trinajstić information content (AvgIpc) is 3.24. The minimum absolute atomic E-state index is 0.307. The van der Waals surface area contributed by atoms with Crippen LogP contribution in [0, 0.1) is 24.0 Å². The number of aryl methyl sites for hydroxylation is 2.